The molecule has 4 rings (SSSR count). The van der Waals surface area contributed by atoms with E-state index in [1.165, 1.54) is 6.07 Å². The van der Waals surface area contributed by atoms with Gasteiger partial charge in [-0.25, -0.2) is 9.97 Å². The molecule has 2 aromatic carbocycles. The monoisotopic (exact) mass is 470 g/mol. The fourth-order valence-electron chi connectivity index (χ4n) is 4.39. The summed E-state index contributed by atoms with van der Waals surface area (Å²) >= 11 is 0. The van der Waals surface area contributed by atoms with Crippen molar-refractivity contribution in [3.8, 4) is 0 Å². The normalized spacial score (nSPS) is 21.7. The Bertz CT molecular complexity index is 1070. The molecule has 0 spiro atoms. The molecular weight excluding hydrogens is 441 g/mol. The second-order valence-corrected chi connectivity index (χ2v) is 8.86. The minimum atomic E-state index is -4.39. The molecule has 0 aliphatic carbocycles. The molecule has 180 valence electrons. The summed E-state index contributed by atoms with van der Waals surface area (Å²) < 4.78 is 46.1. The van der Waals surface area contributed by atoms with E-state index in [9.17, 15) is 13.2 Å². The number of anilines is 1. The van der Waals surface area contributed by atoms with Crippen molar-refractivity contribution in [1.82, 2.24) is 15.3 Å². The van der Waals surface area contributed by atoms with Crippen molar-refractivity contribution in [3.05, 3.63) is 89.2 Å². The zero-order chi connectivity index (χ0) is 24.2. The van der Waals surface area contributed by atoms with Crippen LogP contribution in [0.4, 0.5) is 19.1 Å². The van der Waals surface area contributed by atoms with E-state index >= 15 is 0 Å². The molecule has 0 saturated carbocycles. The number of hydrogen-bond acceptors (Lipinski definition) is 5. The lowest BCUT2D eigenvalue weighted by Crippen LogP contribution is -2.55. The van der Waals surface area contributed by atoms with Crippen LogP contribution < -0.4 is 10.6 Å². The van der Waals surface area contributed by atoms with Crippen LogP contribution in [0.3, 0.4) is 0 Å². The van der Waals surface area contributed by atoms with Crippen molar-refractivity contribution in [1.29, 1.82) is 0 Å². The number of aryl methyl sites for hydroxylation is 1. The number of aromatic nitrogens is 2. The van der Waals surface area contributed by atoms with Crippen LogP contribution in [-0.2, 0) is 16.5 Å². The second-order valence-electron chi connectivity index (χ2n) is 8.86. The molecular formula is C26H29F3N4O. The highest BCUT2D eigenvalue weighted by atomic mass is 19.4. The number of hydrogen-bond donors (Lipinski definition) is 2. The predicted octanol–water partition coefficient (Wildman–Crippen LogP) is 5.64. The van der Waals surface area contributed by atoms with Gasteiger partial charge in [-0.15, -0.1) is 0 Å². The summed E-state index contributed by atoms with van der Waals surface area (Å²) in [4.78, 5) is 8.47. The van der Waals surface area contributed by atoms with Crippen LogP contribution in [0.1, 0.15) is 48.1 Å². The number of piperidine rings is 1. The van der Waals surface area contributed by atoms with E-state index < -0.39 is 23.4 Å². The zero-order valence-electron chi connectivity index (χ0n) is 19.3. The molecule has 1 fully saturated rings. The first-order valence-corrected chi connectivity index (χ1v) is 11.4. The molecule has 0 amide bonds. The highest BCUT2D eigenvalue weighted by molar-refractivity contribution is 5.33. The summed E-state index contributed by atoms with van der Waals surface area (Å²) in [6, 6.07) is 16.1. The topological polar surface area (TPSA) is 59.1 Å². The van der Waals surface area contributed by atoms with Gasteiger partial charge in [0.25, 0.3) is 0 Å². The Morgan fingerprint density at radius 3 is 2.50 bits per heavy atom. The molecule has 1 aliphatic rings. The van der Waals surface area contributed by atoms with Crippen LogP contribution in [-0.4, -0.2) is 29.2 Å². The van der Waals surface area contributed by atoms with Gasteiger partial charge in [0, 0.05) is 25.0 Å². The zero-order valence-corrected chi connectivity index (χ0v) is 19.3. The van der Waals surface area contributed by atoms with Gasteiger partial charge >= 0.3 is 6.18 Å². The van der Waals surface area contributed by atoms with E-state index in [1.54, 1.807) is 38.4 Å². The third kappa shape index (κ3) is 5.74. The third-order valence-corrected chi connectivity index (χ3v) is 6.31. The Kier molecular flexibility index (Phi) is 7.19. The van der Waals surface area contributed by atoms with Crippen molar-refractivity contribution in [2.45, 2.75) is 50.6 Å². The van der Waals surface area contributed by atoms with Crippen LogP contribution in [0.25, 0.3) is 0 Å². The summed E-state index contributed by atoms with van der Waals surface area (Å²) in [5, 5.41) is 7.01. The average molecular weight is 471 g/mol. The Labute approximate surface area is 197 Å². The largest absolute Gasteiger partial charge is 0.416 e. The lowest BCUT2D eigenvalue weighted by Gasteiger charge is -2.42. The van der Waals surface area contributed by atoms with Gasteiger partial charge in [0.2, 0.25) is 5.95 Å². The molecule has 8 heteroatoms. The van der Waals surface area contributed by atoms with Crippen molar-refractivity contribution >= 4 is 5.95 Å². The summed E-state index contributed by atoms with van der Waals surface area (Å²) in [6.07, 6.45) is 0.171. The van der Waals surface area contributed by atoms with Crippen LogP contribution in [0.2, 0.25) is 0 Å². The molecule has 1 aromatic heterocycles. The molecule has 3 aromatic rings. The van der Waals surface area contributed by atoms with Gasteiger partial charge in [-0.05, 0) is 56.0 Å². The van der Waals surface area contributed by atoms with E-state index in [0.29, 0.717) is 30.2 Å². The summed E-state index contributed by atoms with van der Waals surface area (Å²) in [7, 11) is 0. The van der Waals surface area contributed by atoms with Crippen molar-refractivity contribution in [3.63, 3.8) is 0 Å². The first-order chi connectivity index (χ1) is 16.2. The lowest BCUT2D eigenvalue weighted by molar-refractivity contribution is -0.137. The van der Waals surface area contributed by atoms with Gasteiger partial charge in [0.05, 0.1) is 23.8 Å². The maximum absolute atomic E-state index is 13.3. The summed E-state index contributed by atoms with van der Waals surface area (Å²) in [5.74, 6) is 0.589. The molecule has 0 bridgehead atoms. The lowest BCUT2D eigenvalue weighted by atomic mass is 9.81. The first kappa shape index (κ1) is 24.2. The summed E-state index contributed by atoms with van der Waals surface area (Å²) in [6.45, 7) is 4.48. The molecule has 2 heterocycles. The fraction of sp³-hybridized carbons (Fsp3) is 0.385. The maximum atomic E-state index is 13.3. The van der Waals surface area contributed by atoms with Crippen LogP contribution in [0.5, 0.6) is 0 Å². The molecule has 1 unspecified atom stereocenters. The number of halogens is 3. The van der Waals surface area contributed by atoms with E-state index in [2.05, 4.69) is 32.7 Å². The predicted molar refractivity (Wildman–Crippen MR) is 125 cm³/mol. The molecule has 5 nitrogen and oxygen atoms in total. The smallest absolute Gasteiger partial charge is 0.372 e. The van der Waals surface area contributed by atoms with Gasteiger partial charge in [0.15, 0.2) is 0 Å². The van der Waals surface area contributed by atoms with E-state index in [1.807, 2.05) is 18.2 Å². The summed E-state index contributed by atoms with van der Waals surface area (Å²) in [5.41, 5.74) is 1.08. The van der Waals surface area contributed by atoms with E-state index in [-0.39, 0.29) is 6.04 Å². The number of alkyl halides is 3. The molecule has 1 saturated heterocycles. The standard InChI is InChI=1S/C26H29F3N4O/c1-18-13-20(15-22(14-18)26(27,28)29)19(2)34-17-25(21-7-4-3-5-8-21)10-9-23(16-32-25)33-24-30-11-6-12-31-24/h3-8,11-15,19,23,32H,9-10,16-17H2,1-2H3,(H,30,31,33)/t19-,23?,25-/m1/s1. The first-order valence-electron chi connectivity index (χ1n) is 11.4. The third-order valence-electron chi connectivity index (χ3n) is 6.31. The SMILES string of the molecule is Cc1cc([C@@H](C)OC[C@@]2(c3ccccc3)CCC(Nc3ncccn3)CN2)cc(C(F)(F)F)c1. The van der Waals surface area contributed by atoms with Crippen LogP contribution in [0, 0.1) is 6.92 Å². The Morgan fingerprint density at radius 2 is 1.85 bits per heavy atom. The second kappa shape index (κ2) is 10.1. The quantitative estimate of drug-likeness (QED) is 0.468. The minimum Gasteiger partial charge on any atom is -0.372 e. The highest BCUT2D eigenvalue weighted by Gasteiger charge is 2.38. The fourth-order valence-corrected chi connectivity index (χ4v) is 4.39. The average Bonchev–Trinajstić information content (AvgIpc) is 2.84. The number of benzene rings is 2. The van der Waals surface area contributed by atoms with Crippen LogP contribution >= 0.6 is 0 Å². The van der Waals surface area contributed by atoms with Gasteiger partial charge in [0.1, 0.15) is 0 Å². The molecule has 34 heavy (non-hydrogen) atoms. The number of rotatable bonds is 7. The van der Waals surface area contributed by atoms with Gasteiger partial charge in [-0.1, -0.05) is 42.0 Å². The number of nitrogens with zero attached hydrogens (tertiary/aromatic N) is 2. The molecule has 0 radical (unpaired) electrons. The molecule has 3 atom stereocenters. The van der Waals surface area contributed by atoms with Crippen molar-refractivity contribution < 1.29 is 17.9 Å². The highest BCUT2D eigenvalue weighted by Crippen LogP contribution is 2.35. The Morgan fingerprint density at radius 1 is 1.12 bits per heavy atom. The molecule has 2 N–H and O–H groups in total. The van der Waals surface area contributed by atoms with Gasteiger partial charge < -0.3 is 15.4 Å². The van der Waals surface area contributed by atoms with Crippen molar-refractivity contribution in [2.75, 3.05) is 18.5 Å². The van der Waals surface area contributed by atoms with Gasteiger partial charge in [-0.2, -0.15) is 13.2 Å². The maximum Gasteiger partial charge on any atom is 0.416 e. The number of ether oxygens (including phenoxy) is 1. The minimum absolute atomic E-state index is 0.155. The Balaban J connectivity index is 1.48. The van der Waals surface area contributed by atoms with E-state index in [4.69, 9.17) is 4.74 Å². The Hall–Kier alpha value is -2.97. The number of nitrogens with one attached hydrogen (secondary N) is 2. The van der Waals surface area contributed by atoms with Crippen molar-refractivity contribution in [2.24, 2.45) is 0 Å². The van der Waals surface area contributed by atoms with E-state index in [0.717, 1.165) is 24.5 Å². The van der Waals surface area contributed by atoms with Crippen LogP contribution in [0.15, 0.2) is 67.0 Å². The van der Waals surface area contributed by atoms with Gasteiger partial charge in [-0.3, -0.25) is 0 Å². The molecule has 1 aliphatic heterocycles.